The molecular weight excluding hydrogens is 340 g/mol. The molecule has 0 saturated heterocycles. The fourth-order valence-electron chi connectivity index (χ4n) is 2.90. The highest BCUT2D eigenvalue weighted by atomic mass is 16.3. The van der Waals surface area contributed by atoms with Crippen molar-refractivity contribution in [3.63, 3.8) is 0 Å². The summed E-state index contributed by atoms with van der Waals surface area (Å²) in [5.74, 6) is 0.624. The molecule has 0 saturated carbocycles. The molecule has 4 aromatic rings. The van der Waals surface area contributed by atoms with Crippen LogP contribution >= 0.6 is 0 Å². The van der Waals surface area contributed by atoms with Crippen molar-refractivity contribution in [1.82, 2.24) is 5.10 Å². The average molecular weight is 359 g/mol. The number of H-pyrrole nitrogens is 1. The molecular formula is C20H19N6O+. The van der Waals surface area contributed by atoms with Crippen LogP contribution in [0.1, 0.15) is 11.1 Å². The maximum Gasteiger partial charge on any atom is 0.211 e. The zero-order valence-electron chi connectivity index (χ0n) is 14.5. The van der Waals surface area contributed by atoms with Gasteiger partial charge in [-0.25, -0.2) is 0 Å². The average Bonchev–Trinajstić information content (AvgIpc) is 3.26. The topological polar surface area (TPSA) is 110 Å². The Labute approximate surface area is 155 Å². The normalized spacial score (nSPS) is 11.3. The molecule has 0 spiro atoms. The van der Waals surface area contributed by atoms with Gasteiger partial charge >= 0.3 is 0 Å². The summed E-state index contributed by atoms with van der Waals surface area (Å²) in [5.41, 5.74) is 14.3. The van der Waals surface area contributed by atoms with Gasteiger partial charge in [0, 0.05) is 10.9 Å². The fraction of sp³-hybridized carbons (Fsp3) is 0.0500. The Hall–Kier alpha value is -3.87. The molecule has 0 radical (unpaired) electrons. The molecule has 0 aliphatic rings. The lowest BCUT2D eigenvalue weighted by Gasteiger charge is -1.93. The van der Waals surface area contributed by atoms with E-state index in [0.29, 0.717) is 12.3 Å². The Morgan fingerprint density at radius 2 is 1.85 bits per heavy atom. The van der Waals surface area contributed by atoms with Gasteiger partial charge in [0.1, 0.15) is 5.58 Å². The van der Waals surface area contributed by atoms with Crippen LogP contribution in [0.2, 0.25) is 0 Å². The number of fused-ring (bicyclic) bond motifs is 1. The molecule has 7 heteroatoms. The summed E-state index contributed by atoms with van der Waals surface area (Å²) in [7, 11) is 0. The first kappa shape index (κ1) is 16.6. The maximum atomic E-state index is 5.99. The van der Waals surface area contributed by atoms with E-state index in [-0.39, 0.29) is 5.96 Å². The van der Waals surface area contributed by atoms with Gasteiger partial charge in [-0.3, -0.25) is 0 Å². The Morgan fingerprint density at radius 3 is 2.63 bits per heavy atom. The quantitative estimate of drug-likeness (QED) is 0.220. The van der Waals surface area contributed by atoms with Crippen LogP contribution < -0.4 is 16.1 Å². The minimum absolute atomic E-state index is 0.0933. The zero-order chi connectivity index (χ0) is 18.6. The van der Waals surface area contributed by atoms with E-state index in [4.69, 9.17) is 15.9 Å². The summed E-state index contributed by atoms with van der Waals surface area (Å²) in [5, 5.41) is 12.0. The van der Waals surface area contributed by atoms with Gasteiger partial charge in [0.05, 0.1) is 11.8 Å². The molecule has 2 aromatic heterocycles. The molecule has 0 amide bonds. The molecule has 0 aliphatic heterocycles. The van der Waals surface area contributed by atoms with Gasteiger partial charge in [-0.15, -0.1) is 9.78 Å². The first-order valence-corrected chi connectivity index (χ1v) is 8.46. The Balaban J connectivity index is 1.75. The largest absolute Gasteiger partial charge is 0.454 e. The van der Waals surface area contributed by atoms with Crippen LogP contribution in [0.25, 0.3) is 22.4 Å². The van der Waals surface area contributed by atoms with Crippen molar-refractivity contribution < 1.29 is 9.10 Å². The third-order valence-electron chi connectivity index (χ3n) is 4.08. The Morgan fingerprint density at radius 1 is 1.07 bits per heavy atom. The van der Waals surface area contributed by atoms with Gasteiger partial charge < -0.3 is 15.9 Å². The second-order valence-electron chi connectivity index (χ2n) is 6.10. The Bertz CT molecular complexity index is 1090. The molecule has 7 nitrogen and oxygen atoms in total. The molecule has 0 fully saturated rings. The SMILES string of the molecule is NC(N)=N/N=C/c1c[n+](Cc2ccccc2)[nH]c1-c1cc2ccccc2o1. The highest BCUT2D eigenvalue weighted by molar-refractivity contribution is 5.90. The summed E-state index contributed by atoms with van der Waals surface area (Å²) in [6.07, 6.45) is 3.54. The summed E-state index contributed by atoms with van der Waals surface area (Å²) in [6, 6.07) is 20.0. The van der Waals surface area contributed by atoms with E-state index in [1.54, 1.807) is 6.21 Å². The van der Waals surface area contributed by atoms with Crippen LogP contribution in [0.15, 0.2) is 81.5 Å². The number of nitrogens with two attached hydrogens (primary N) is 2. The molecule has 134 valence electrons. The lowest BCUT2D eigenvalue weighted by Crippen LogP contribution is -2.35. The summed E-state index contributed by atoms with van der Waals surface area (Å²) in [6.45, 7) is 0.685. The first-order chi connectivity index (χ1) is 13.2. The number of rotatable bonds is 5. The van der Waals surface area contributed by atoms with Gasteiger partial charge in [-0.1, -0.05) is 48.5 Å². The molecule has 4 rings (SSSR count). The van der Waals surface area contributed by atoms with Crippen LogP contribution in [-0.2, 0) is 6.54 Å². The molecule has 0 aliphatic carbocycles. The number of aromatic amines is 1. The van der Waals surface area contributed by atoms with Gasteiger partial charge in [-0.2, -0.15) is 10.2 Å². The Kier molecular flexibility index (Phi) is 4.40. The van der Waals surface area contributed by atoms with Crippen LogP contribution in [0.4, 0.5) is 0 Å². The van der Waals surface area contributed by atoms with E-state index in [9.17, 15) is 0 Å². The van der Waals surface area contributed by atoms with Crippen LogP contribution in [0.3, 0.4) is 0 Å². The van der Waals surface area contributed by atoms with E-state index in [0.717, 1.165) is 22.2 Å². The summed E-state index contributed by atoms with van der Waals surface area (Å²) < 4.78 is 7.96. The van der Waals surface area contributed by atoms with E-state index < -0.39 is 0 Å². The maximum absolute atomic E-state index is 5.99. The number of hydrogen-bond acceptors (Lipinski definition) is 3. The predicted octanol–water partition coefficient (Wildman–Crippen LogP) is 2.37. The molecule has 2 heterocycles. The number of furan rings is 1. The summed E-state index contributed by atoms with van der Waals surface area (Å²) in [4.78, 5) is 0. The monoisotopic (exact) mass is 359 g/mol. The van der Waals surface area contributed by atoms with E-state index in [1.807, 2.05) is 59.4 Å². The second-order valence-corrected chi connectivity index (χ2v) is 6.10. The van der Waals surface area contributed by atoms with Crippen molar-refractivity contribution in [2.24, 2.45) is 21.7 Å². The number of hydrogen-bond donors (Lipinski definition) is 3. The van der Waals surface area contributed by atoms with Gasteiger partial charge in [0.25, 0.3) is 0 Å². The van der Waals surface area contributed by atoms with Gasteiger partial charge in [-0.05, 0) is 12.1 Å². The number of guanidine groups is 1. The van der Waals surface area contributed by atoms with Crippen molar-refractivity contribution >= 4 is 23.1 Å². The van der Waals surface area contributed by atoms with Gasteiger partial charge in [0.2, 0.25) is 12.2 Å². The van der Waals surface area contributed by atoms with E-state index >= 15 is 0 Å². The number of aromatic nitrogens is 2. The second kappa shape index (κ2) is 7.17. The van der Waals surface area contributed by atoms with Crippen molar-refractivity contribution in [2.45, 2.75) is 6.54 Å². The molecule has 0 atom stereocenters. The number of para-hydroxylation sites is 1. The number of nitrogens with one attached hydrogen (secondary N) is 1. The van der Waals surface area contributed by atoms with Crippen molar-refractivity contribution in [3.05, 3.63) is 78.0 Å². The third-order valence-corrected chi connectivity index (χ3v) is 4.08. The van der Waals surface area contributed by atoms with Crippen molar-refractivity contribution in [1.29, 1.82) is 0 Å². The smallest absolute Gasteiger partial charge is 0.211 e. The lowest BCUT2D eigenvalue weighted by molar-refractivity contribution is -0.741. The highest BCUT2D eigenvalue weighted by Gasteiger charge is 2.19. The molecule has 0 bridgehead atoms. The van der Waals surface area contributed by atoms with Crippen LogP contribution in [0.5, 0.6) is 0 Å². The van der Waals surface area contributed by atoms with E-state index in [2.05, 4.69) is 27.4 Å². The standard InChI is InChI=1S/C20H18N6O/c21-20(22)24-23-11-16-13-26(12-14-6-2-1-3-7-14)25-19(16)18-10-15-8-4-5-9-17(15)27-18/h1-11,13H,12H2,(H4,21,22,24)/p+1/b23-11+. The summed E-state index contributed by atoms with van der Waals surface area (Å²) >= 11 is 0. The first-order valence-electron chi connectivity index (χ1n) is 8.46. The van der Waals surface area contributed by atoms with Crippen LogP contribution in [-0.4, -0.2) is 17.3 Å². The fourth-order valence-corrected chi connectivity index (χ4v) is 2.90. The van der Waals surface area contributed by atoms with Gasteiger partial charge in [0.15, 0.2) is 18.0 Å². The zero-order valence-corrected chi connectivity index (χ0v) is 14.5. The van der Waals surface area contributed by atoms with E-state index in [1.165, 1.54) is 5.56 Å². The predicted molar refractivity (Wildman–Crippen MR) is 105 cm³/mol. The van der Waals surface area contributed by atoms with Crippen molar-refractivity contribution in [3.8, 4) is 11.5 Å². The highest BCUT2D eigenvalue weighted by Crippen LogP contribution is 2.27. The lowest BCUT2D eigenvalue weighted by atomic mass is 10.2. The number of nitrogens with zero attached hydrogens (tertiary/aromatic N) is 3. The third kappa shape index (κ3) is 3.72. The molecule has 0 unspecified atom stereocenters. The minimum atomic E-state index is -0.0933. The van der Waals surface area contributed by atoms with Crippen molar-refractivity contribution in [2.75, 3.05) is 0 Å². The minimum Gasteiger partial charge on any atom is -0.454 e. The molecule has 27 heavy (non-hydrogen) atoms. The molecule has 5 N–H and O–H groups in total. The molecule has 2 aromatic carbocycles. The number of benzene rings is 2. The van der Waals surface area contributed by atoms with Crippen LogP contribution in [0, 0.1) is 0 Å².